The number of fused-ring (bicyclic) bond motifs is 1. The van der Waals surface area contributed by atoms with E-state index in [-0.39, 0.29) is 5.91 Å². The highest BCUT2D eigenvalue weighted by molar-refractivity contribution is 6.03. The highest BCUT2D eigenvalue weighted by Gasteiger charge is 2.06. The largest absolute Gasteiger partial charge is 0.361 e. The molecule has 0 unspecified atom stereocenters. The van der Waals surface area contributed by atoms with Crippen LogP contribution in [0.3, 0.4) is 0 Å². The van der Waals surface area contributed by atoms with Gasteiger partial charge in [0.1, 0.15) is 5.69 Å². The Hall–Kier alpha value is -2.62. The second-order valence-electron chi connectivity index (χ2n) is 3.95. The van der Waals surface area contributed by atoms with Crippen molar-refractivity contribution in [3.63, 3.8) is 0 Å². The van der Waals surface area contributed by atoms with Gasteiger partial charge in [-0.25, -0.2) is 0 Å². The van der Waals surface area contributed by atoms with E-state index >= 15 is 0 Å². The van der Waals surface area contributed by atoms with Crippen molar-refractivity contribution in [3.8, 4) is 0 Å². The molecule has 3 aromatic rings. The van der Waals surface area contributed by atoms with Crippen molar-refractivity contribution in [2.24, 2.45) is 0 Å². The first-order chi connectivity index (χ1) is 8.83. The van der Waals surface area contributed by atoms with Gasteiger partial charge >= 0.3 is 0 Å². The molecule has 1 aromatic carbocycles. The minimum atomic E-state index is -0.203. The van der Waals surface area contributed by atoms with Crippen LogP contribution in [0.15, 0.2) is 54.9 Å². The van der Waals surface area contributed by atoms with E-state index in [0.717, 1.165) is 16.6 Å². The van der Waals surface area contributed by atoms with Crippen LogP contribution < -0.4 is 5.32 Å². The molecule has 0 atom stereocenters. The zero-order valence-electron chi connectivity index (χ0n) is 9.55. The van der Waals surface area contributed by atoms with Crippen LogP contribution in [0.4, 0.5) is 5.69 Å². The van der Waals surface area contributed by atoms with E-state index in [1.165, 1.54) is 0 Å². The Morgan fingerprint density at radius 2 is 2.11 bits per heavy atom. The summed E-state index contributed by atoms with van der Waals surface area (Å²) in [6.45, 7) is 0. The van der Waals surface area contributed by atoms with Gasteiger partial charge < -0.3 is 10.3 Å². The first-order valence-corrected chi connectivity index (χ1v) is 5.62. The van der Waals surface area contributed by atoms with Gasteiger partial charge in [0.2, 0.25) is 0 Å². The Bertz CT molecular complexity index is 688. The van der Waals surface area contributed by atoms with E-state index in [0.29, 0.717) is 5.69 Å². The first-order valence-electron chi connectivity index (χ1n) is 5.62. The molecule has 0 spiro atoms. The first kappa shape index (κ1) is 10.5. The summed E-state index contributed by atoms with van der Waals surface area (Å²) in [7, 11) is 0. The van der Waals surface area contributed by atoms with Gasteiger partial charge in [-0.3, -0.25) is 9.78 Å². The van der Waals surface area contributed by atoms with E-state index in [9.17, 15) is 4.79 Å². The number of H-pyrrole nitrogens is 1. The number of hydrogen-bond donors (Lipinski definition) is 2. The molecule has 4 heteroatoms. The molecule has 88 valence electrons. The Balaban J connectivity index is 1.86. The monoisotopic (exact) mass is 237 g/mol. The molecule has 0 saturated carbocycles. The fourth-order valence-electron chi connectivity index (χ4n) is 1.82. The lowest BCUT2D eigenvalue weighted by Crippen LogP contribution is -2.13. The summed E-state index contributed by atoms with van der Waals surface area (Å²) in [5.74, 6) is -0.203. The van der Waals surface area contributed by atoms with Crippen molar-refractivity contribution in [1.82, 2.24) is 9.97 Å². The lowest BCUT2D eigenvalue weighted by atomic mass is 10.2. The van der Waals surface area contributed by atoms with Gasteiger partial charge in [0.25, 0.3) is 5.91 Å². The topological polar surface area (TPSA) is 57.8 Å². The summed E-state index contributed by atoms with van der Waals surface area (Å²) >= 11 is 0. The second kappa shape index (κ2) is 4.33. The maximum absolute atomic E-state index is 11.9. The molecule has 2 heterocycles. The number of carbonyl (C=O) groups is 1. The van der Waals surface area contributed by atoms with Crippen molar-refractivity contribution < 1.29 is 4.79 Å². The molecule has 2 N–H and O–H groups in total. The van der Waals surface area contributed by atoms with Gasteiger partial charge in [0.05, 0.1) is 0 Å². The highest BCUT2D eigenvalue weighted by atomic mass is 16.1. The molecule has 0 radical (unpaired) electrons. The smallest absolute Gasteiger partial charge is 0.274 e. The number of nitrogens with one attached hydrogen (secondary N) is 2. The number of nitrogens with zero attached hydrogens (tertiary/aromatic N) is 1. The third-order valence-electron chi connectivity index (χ3n) is 2.71. The molecule has 0 fully saturated rings. The van der Waals surface area contributed by atoms with Crippen molar-refractivity contribution in [3.05, 3.63) is 60.6 Å². The number of pyridine rings is 1. The number of aromatic nitrogens is 2. The Morgan fingerprint density at radius 1 is 1.17 bits per heavy atom. The Labute approximate surface area is 104 Å². The zero-order valence-corrected chi connectivity index (χ0v) is 9.55. The molecule has 0 aliphatic carbocycles. The average Bonchev–Trinajstić information content (AvgIpc) is 2.87. The molecule has 0 bridgehead atoms. The number of carbonyl (C=O) groups excluding carboxylic acids is 1. The van der Waals surface area contributed by atoms with Crippen LogP contribution in [-0.2, 0) is 0 Å². The Kier molecular flexibility index (Phi) is 2.53. The van der Waals surface area contributed by atoms with E-state index in [1.54, 1.807) is 24.4 Å². The van der Waals surface area contributed by atoms with Crippen LogP contribution in [0, 0.1) is 0 Å². The van der Waals surface area contributed by atoms with Gasteiger partial charge in [-0.05, 0) is 36.4 Å². The molecule has 2 aromatic heterocycles. The third-order valence-corrected chi connectivity index (χ3v) is 2.71. The fourth-order valence-corrected chi connectivity index (χ4v) is 1.82. The second-order valence-corrected chi connectivity index (χ2v) is 3.95. The van der Waals surface area contributed by atoms with E-state index < -0.39 is 0 Å². The maximum atomic E-state index is 11.9. The molecule has 3 rings (SSSR count). The van der Waals surface area contributed by atoms with Gasteiger partial charge in [-0.1, -0.05) is 6.07 Å². The third kappa shape index (κ3) is 1.96. The minimum absolute atomic E-state index is 0.203. The average molecular weight is 237 g/mol. The lowest BCUT2D eigenvalue weighted by molar-refractivity contribution is 0.102. The zero-order chi connectivity index (χ0) is 12.4. The quantitative estimate of drug-likeness (QED) is 0.720. The molecule has 18 heavy (non-hydrogen) atoms. The number of benzene rings is 1. The summed E-state index contributed by atoms with van der Waals surface area (Å²) in [5.41, 5.74) is 2.22. The summed E-state index contributed by atoms with van der Waals surface area (Å²) in [6.07, 6.45) is 3.47. The van der Waals surface area contributed by atoms with Crippen molar-refractivity contribution in [2.75, 3.05) is 5.32 Å². The van der Waals surface area contributed by atoms with Crippen molar-refractivity contribution in [1.29, 1.82) is 0 Å². The van der Waals surface area contributed by atoms with Crippen LogP contribution in [0.1, 0.15) is 10.5 Å². The lowest BCUT2D eigenvalue weighted by Gasteiger charge is -2.04. The molecular formula is C14H11N3O. The van der Waals surface area contributed by atoms with Gasteiger partial charge in [0, 0.05) is 29.0 Å². The number of anilines is 1. The van der Waals surface area contributed by atoms with Crippen LogP contribution in [0.25, 0.3) is 10.9 Å². The van der Waals surface area contributed by atoms with Crippen LogP contribution in [-0.4, -0.2) is 15.9 Å². The molecule has 0 aliphatic rings. The molecular weight excluding hydrogens is 226 g/mol. The minimum Gasteiger partial charge on any atom is -0.361 e. The number of hydrogen-bond acceptors (Lipinski definition) is 2. The van der Waals surface area contributed by atoms with Crippen LogP contribution in [0.2, 0.25) is 0 Å². The normalized spacial score (nSPS) is 10.4. The SMILES string of the molecule is O=C(Nc1ccc2[nH]ccc2c1)c1ccccn1. The number of aromatic amines is 1. The molecule has 1 amide bonds. The van der Waals surface area contributed by atoms with E-state index in [4.69, 9.17) is 0 Å². The molecule has 0 aliphatic heterocycles. The predicted molar refractivity (Wildman–Crippen MR) is 70.5 cm³/mol. The number of rotatable bonds is 2. The Morgan fingerprint density at radius 3 is 2.94 bits per heavy atom. The van der Waals surface area contributed by atoms with E-state index in [2.05, 4.69) is 15.3 Å². The maximum Gasteiger partial charge on any atom is 0.274 e. The summed E-state index contributed by atoms with van der Waals surface area (Å²) in [4.78, 5) is 19.0. The van der Waals surface area contributed by atoms with Gasteiger partial charge in [-0.15, -0.1) is 0 Å². The molecule has 0 saturated heterocycles. The van der Waals surface area contributed by atoms with Gasteiger partial charge in [-0.2, -0.15) is 0 Å². The van der Waals surface area contributed by atoms with Gasteiger partial charge in [0.15, 0.2) is 0 Å². The van der Waals surface area contributed by atoms with Crippen LogP contribution >= 0.6 is 0 Å². The fraction of sp³-hybridized carbons (Fsp3) is 0. The van der Waals surface area contributed by atoms with Crippen LogP contribution in [0.5, 0.6) is 0 Å². The summed E-state index contributed by atoms with van der Waals surface area (Å²) < 4.78 is 0. The highest BCUT2D eigenvalue weighted by Crippen LogP contribution is 2.18. The standard InChI is InChI=1S/C14H11N3O/c18-14(13-3-1-2-7-15-13)17-11-4-5-12-10(9-11)6-8-16-12/h1-9,16H,(H,17,18). The number of amides is 1. The summed E-state index contributed by atoms with van der Waals surface area (Å²) in [6, 6.07) is 12.9. The molecule has 4 nitrogen and oxygen atoms in total. The predicted octanol–water partition coefficient (Wildman–Crippen LogP) is 2.82. The van der Waals surface area contributed by atoms with Crippen molar-refractivity contribution >= 4 is 22.5 Å². The van der Waals surface area contributed by atoms with Crippen molar-refractivity contribution in [2.45, 2.75) is 0 Å². The van der Waals surface area contributed by atoms with E-state index in [1.807, 2.05) is 30.5 Å². The summed E-state index contributed by atoms with van der Waals surface area (Å²) in [5, 5.41) is 3.89.